The number of methoxy groups -OCH3 is 2. The first kappa shape index (κ1) is 23.4. The van der Waals surface area contributed by atoms with Crippen LogP contribution in [0, 0.1) is 6.92 Å². The Balaban J connectivity index is 1.77. The van der Waals surface area contributed by atoms with Crippen LogP contribution < -0.4 is 19.6 Å². The summed E-state index contributed by atoms with van der Waals surface area (Å²) in [6.07, 6.45) is 1.49. The van der Waals surface area contributed by atoms with Gasteiger partial charge in [0.2, 0.25) is 0 Å². The van der Waals surface area contributed by atoms with Crippen molar-refractivity contribution >= 4 is 35.3 Å². The molecule has 0 bridgehead atoms. The van der Waals surface area contributed by atoms with E-state index >= 15 is 0 Å². The van der Waals surface area contributed by atoms with E-state index in [9.17, 15) is 4.79 Å². The quantitative estimate of drug-likeness (QED) is 0.339. The van der Waals surface area contributed by atoms with Crippen LogP contribution in [0.1, 0.15) is 27.0 Å². The van der Waals surface area contributed by atoms with Gasteiger partial charge in [-0.3, -0.25) is 4.79 Å². The van der Waals surface area contributed by atoms with Gasteiger partial charge < -0.3 is 14.2 Å². The van der Waals surface area contributed by atoms with Gasteiger partial charge in [-0.25, -0.2) is 5.43 Å². The number of hydrazone groups is 1. The van der Waals surface area contributed by atoms with Gasteiger partial charge in [0.05, 0.1) is 36.0 Å². The highest BCUT2D eigenvalue weighted by Crippen LogP contribution is 2.31. The number of halogens is 2. The first-order valence-corrected chi connectivity index (χ1v) is 10.4. The summed E-state index contributed by atoms with van der Waals surface area (Å²) in [4.78, 5) is 12.5. The minimum absolute atomic E-state index is 0.241. The minimum Gasteiger partial charge on any atom is -0.496 e. The standard InChI is InChI=1S/C24H22Cl2N2O4/c1-15-7-9-18(22(11-15)31-3)24(29)28-27-13-17-5-4-6-21(30-2)23(17)32-14-16-8-10-19(25)20(26)12-16/h4-13H,14H2,1-3H3,(H,28,29)/b27-13-. The molecule has 166 valence electrons. The summed E-state index contributed by atoms with van der Waals surface area (Å²) >= 11 is 12.1. The largest absolute Gasteiger partial charge is 0.496 e. The average Bonchev–Trinajstić information content (AvgIpc) is 2.79. The van der Waals surface area contributed by atoms with Crippen molar-refractivity contribution in [2.75, 3.05) is 14.2 Å². The molecular formula is C24H22Cl2N2O4. The van der Waals surface area contributed by atoms with Gasteiger partial charge in [0.1, 0.15) is 12.4 Å². The molecular weight excluding hydrogens is 451 g/mol. The number of para-hydroxylation sites is 1. The Labute approximate surface area is 196 Å². The molecule has 3 rings (SSSR count). The number of benzene rings is 3. The molecule has 0 heterocycles. The first-order valence-electron chi connectivity index (χ1n) is 9.64. The molecule has 0 aliphatic heterocycles. The molecule has 0 fully saturated rings. The van der Waals surface area contributed by atoms with Crippen molar-refractivity contribution < 1.29 is 19.0 Å². The maximum Gasteiger partial charge on any atom is 0.275 e. The van der Waals surface area contributed by atoms with E-state index in [1.165, 1.54) is 13.3 Å². The summed E-state index contributed by atoms with van der Waals surface area (Å²) in [5.74, 6) is 1.09. The zero-order chi connectivity index (χ0) is 23.1. The van der Waals surface area contributed by atoms with E-state index in [1.54, 1.807) is 49.6 Å². The number of amides is 1. The Morgan fingerprint density at radius 1 is 1.00 bits per heavy atom. The van der Waals surface area contributed by atoms with Crippen molar-refractivity contribution in [2.45, 2.75) is 13.5 Å². The van der Waals surface area contributed by atoms with Gasteiger partial charge in [-0.15, -0.1) is 0 Å². The Morgan fingerprint density at radius 3 is 2.50 bits per heavy atom. The number of carbonyl (C=O) groups is 1. The number of carbonyl (C=O) groups excluding carboxylic acids is 1. The summed E-state index contributed by atoms with van der Waals surface area (Å²) in [7, 11) is 3.07. The van der Waals surface area contributed by atoms with Crippen LogP contribution in [-0.2, 0) is 6.61 Å². The van der Waals surface area contributed by atoms with Crippen LogP contribution in [0.5, 0.6) is 17.2 Å². The second kappa shape index (κ2) is 10.9. The second-order valence-electron chi connectivity index (χ2n) is 6.82. The number of nitrogens with one attached hydrogen (secondary N) is 1. The Morgan fingerprint density at radius 2 is 1.78 bits per heavy atom. The van der Waals surface area contributed by atoms with Gasteiger partial charge in [-0.2, -0.15) is 5.10 Å². The fourth-order valence-electron chi connectivity index (χ4n) is 2.94. The lowest BCUT2D eigenvalue weighted by atomic mass is 10.1. The molecule has 0 aromatic heterocycles. The summed E-state index contributed by atoms with van der Waals surface area (Å²) in [5.41, 5.74) is 5.36. The second-order valence-corrected chi connectivity index (χ2v) is 7.63. The van der Waals surface area contributed by atoms with Crippen molar-refractivity contribution in [3.63, 3.8) is 0 Å². The molecule has 3 aromatic carbocycles. The molecule has 8 heteroatoms. The lowest BCUT2D eigenvalue weighted by molar-refractivity contribution is 0.0952. The fourth-order valence-corrected chi connectivity index (χ4v) is 3.26. The van der Waals surface area contributed by atoms with E-state index in [1.807, 2.05) is 19.1 Å². The fraction of sp³-hybridized carbons (Fsp3) is 0.167. The molecule has 0 spiro atoms. The monoisotopic (exact) mass is 472 g/mol. The van der Waals surface area contributed by atoms with Gasteiger partial charge in [0.15, 0.2) is 11.5 Å². The molecule has 3 aromatic rings. The molecule has 0 saturated heterocycles. The van der Waals surface area contributed by atoms with Crippen LogP contribution in [0.25, 0.3) is 0 Å². The molecule has 1 N–H and O–H groups in total. The third-order valence-corrected chi connectivity index (χ3v) is 5.31. The van der Waals surface area contributed by atoms with Crippen molar-refractivity contribution in [2.24, 2.45) is 5.10 Å². The van der Waals surface area contributed by atoms with E-state index in [-0.39, 0.29) is 12.5 Å². The smallest absolute Gasteiger partial charge is 0.275 e. The Hall–Kier alpha value is -3.22. The van der Waals surface area contributed by atoms with Gasteiger partial charge in [-0.05, 0) is 54.4 Å². The van der Waals surface area contributed by atoms with Crippen molar-refractivity contribution in [1.29, 1.82) is 0 Å². The summed E-state index contributed by atoms with van der Waals surface area (Å²) in [5, 5.41) is 5.00. The van der Waals surface area contributed by atoms with Crippen LogP contribution in [-0.4, -0.2) is 26.3 Å². The molecule has 6 nitrogen and oxygen atoms in total. The topological polar surface area (TPSA) is 69.2 Å². The highest BCUT2D eigenvalue weighted by molar-refractivity contribution is 6.42. The zero-order valence-electron chi connectivity index (χ0n) is 17.8. The molecule has 0 aliphatic rings. The predicted molar refractivity (Wildman–Crippen MR) is 127 cm³/mol. The molecule has 0 unspecified atom stereocenters. The van der Waals surface area contributed by atoms with Gasteiger partial charge in [0.25, 0.3) is 5.91 Å². The summed E-state index contributed by atoms with van der Waals surface area (Å²) in [6, 6.07) is 16.0. The number of rotatable bonds is 8. The molecule has 32 heavy (non-hydrogen) atoms. The number of ether oxygens (including phenoxy) is 3. The lowest BCUT2D eigenvalue weighted by Gasteiger charge is -2.13. The van der Waals surface area contributed by atoms with E-state index in [2.05, 4.69) is 10.5 Å². The van der Waals surface area contributed by atoms with Gasteiger partial charge in [0, 0.05) is 5.56 Å². The van der Waals surface area contributed by atoms with Gasteiger partial charge in [-0.1, -0.05) is 41.4 Å². The van der Waals surface area contributed by atoms with E-state index in [0.29, 0.717) is 38.4 Å². The maximum absolute atomic E-state index is 12.5. The SMILES string of the molecule is COc1cc(C)ccc1C(=O)N/N=C\c1cccc(OC)c1OCc1ccc(Cl)c(Cl)c1. The third kappa shape index (κ3) is 5.72. The molecule has 0 saturated carbocycles. The van der Waals surface area contributed by atoms with E-state index in [4.69, 9.17) is 37.4 Å². The van der Waals surface area contributed by atoms with E-state index < -0.39 is 0 Å². The lowest BCUT2D eigenvalue weighted by Crippen LogP contribution is -2.18. The van der Waals surface area contributed by atoms with Crippen molar-refractivity contribution in [3.05, 3.63) is 86.9 Å². The van der Waals surface area contributed by atoms with Crippen LogP contribution >= 0.6 is 23.2 Å². The summed E-state index contributed by atoms with van der Waals surface area (Å²) < 4.78 is 16.7. The van der Waals surface area contributed by atoms with E-state index in [0.717, 1.165) is 11.1 Å². The zero-order valence-corrected chi connectivity index (χ0v) is 19.3. The van der Waals surface area contributed by atoms with Crippen molar-refractivity contribution in [1.82, 2.24) is 5.43 Å². The predicted octanol–water partition coefficient (Wildman–Crippen LogP) is 5.66. The Bertz CT molecular complexity index is 1150. The third-order valence-electron chi connectivity index (χ3n) is 4.57. The highest BCUT2D eigenvalue weighted by Gasteiger charge is 2.13. The minimum atomic E-state index is -0.390. The summed E-state index contributed by atoms with van der Waals surface area (Å²) in [6.45, 7) is 2.16. The highest BCUT2D eigenvalue weighted by atomic mass is 35.5. The molecule has 1 amide bonds. The number of aryl methyl sites for hydroxylation is 1. The van der Waals surface area contributed by atoms with Gasteiger partial charge >= 0.3 is 0 Å². The average molecular weight is 473 g/mol. The van der Waals surface area contributed by atoms with Crippen LogP contribution in [0.2, 0.25) is 10.0 Å². The normalized spacial score (nSPS) is 10.8. The van der Waals surface area contributed by atoms with Crippen LogP contribution in [0.3, 0.4) is 0 Å². The molecule has 0 atom stereocenters. The first-order chi connectivity index (χ1) is 15.4. The number of hydrogen-bond acceptors (Lipinski definition) is 5. The van der Waals surface area contributed by atoms with Crippen LogP contribution in [0.15, 0.2) is 59.7 Å². The van der Waals surface area contributed by atoms with Crippen molar-refractivity contribution in [3.8, 4) is 17.2 Å². The molecule has 0 radical (unpaired) electrons. The molecule has 0 aliphatic carbocycles. The van der Waals surface area contributed by atoms with Crippen LogP contribution in [0.4, 0.5) is 0 Å². The maximum atomic E-state index is 12.5. The Kier molecular flexibility index (Phi) is 7.98. The number of hydrogen-bond donors (Lipinski definition) is 1. The number of nitrogens with zero attached hydrogens (tertiary/aromatic N) is 1.